The van der Waals surface area contributed by atoms with Crippen LogP contribution in [0.3, 0.4) is 0 Å². The molecular weight excluding hydrogens is 222 g/mol. The summed E-state index contributed by atoms with van der Waals surface area (Å²) in [6.07, 6.45) is 4.41. The molecule has 1 N–H and O–H groups in total. The molecule has 0 spiro atoms. The Balaban J connectivity index is 0.00000120. The van der Waals surface area contributed by atoms with Crippen molar-refractivity contribution in [3.63, 3.8) is 0 Å². The maximum absolute atomic E-state index is 4.37. The SMILES string of the molecule is C.Cc1[nH]cnc1Cc1ccc2cccnc2c1. The quantitative estimate of drug-likeness (QED) is 0.743. The Morgan fingerprint density at radius 1 is 1.17 bits per heavy atom. The van der Waals surface area contributed by atoms with Crippen LogP contribution < -0.4 is 0 Å². The van der Waals surface area contributed by atoms with E-state index in [1.165, 1.54) is 10.9 Å². The van der Waals surface area contributed by atoms with Gasteiger partial charge in [0, 0.05) is 23.7 Å². The van der Waals surface area contributed by atoms with Gasteiger partial charge < -0.3 is 4.98 Å². The first-order chi connectivity index (χ1) is 8.33. The molecule has 0 bridgehead atoms. The summed E-state index contributed by atoms with van der Waals surface area (Å²) in [7, 11) is 0. The number of nitrogens with zero attached hydrogens (tertiary/aromatic N) is 2. The molecule has 0 atom stereocenters. The molecule has 0 aliphatic heterocycles. The Morgan fingerprint density at radius 2 is 2.06 bits per heavy atom. The number of pyridine rings is 1. The van der Waals surface area contributed by atoms with E-state index in [1.54, 1.807) is 6.33 Å². The molecule has 0 unspecified atom stereocenters. The summed E-state index contributed by atoms with van der Waals surface area (Å²) in [6, 6.07) is 10.4. The molecule has 0 radical (unpaired) electrons. The van der Waals surface area contributed by atoms with Crippen LogP contribution in [0.4, 0.5) is 0 Å². The van der Waals surface area contributed by atoms with Gasteiger partial charge in [0.05, 0.1) is 17.5 Å². The number of aromatic nitrogens is 3. The first-order valence-electron chi connectivity index (χ1n) is 5.65. The summed E-state index contributed by atoms with van der Waals surface area (Å²) in [5.41, 5.74) is 4.51. The van der Waals surface area contributed by atoms with Gasteiger partial charge in [-0.05, 0) is 24.6 Å². The average Bonchev–Trinajstić information content (AvgIpc) is 2.75. The van der Waals surface area contributed by atoms with Crippen molar-refractivity contribution in [2.45, 2.75) is 20.8 Å². The molecule has 18 heavy (non-hydrogen) atoms. The number of hydrogen-bond donors (Lipinski definition) is 1. The van der Waals surface area contributed by atoms with Crippen molar-refractivity contribution in [1.82, 2.24) is 15.0 Å². The van der Waals surface area contributed by atoms with Gasteiger partial charge in [0.1, 0.15) is 0 Å². The number of hydrogen-bond acceptors (Lipinski definition) is 2. The van der Waals surface area contributed by atoms with E-state index < -0.39 is 0 Å². The van der Waals surface area contributed by atoms with Crippen LogP contribution in [0, 0.1) is 6.92 Å². The van der Waals surface area contributed by atoms with Gasteiger partial charge in [-0.1, -0.05) is 25.6 Å². The van der Waals surface area contributed by atoms with Gasteiger partial charge in [0.15, 0.2) is 0 Å². The van der Waals surface area contributed by atoms with Gasteiger partial charge >= 0.3 is 0 Å². The monoisotopic (exact) mass is 239 g/mol. The van der Waals surface area contributed by atoms with Gasteiger partial charge in [-0.3, -0.25) is 4.98 Å². The van der Waals surface area contributed by atoms with Crippen molar-refractivity contribution in [3.8, 4) is 0 Å². The van der Waals surface area contributed by atoms with E-state index in [0.717, 1.165) is 23.3 Å². The van der Waals surface area contributed by atoms with Gasteiger partial charge in [-0.25, -0.2) is 4.98 Å². The molecule has 3 heteroatoms. The van der Waals surface area contributed by atoms with Crippen LogP contribution in [0.1, 0.15) is 24.4 Å². The number of aryl methyl sites for hydroxylation is 1. The van der Waals surface area contributed by atoms with E-state index in [4.69, 9.17) is 0 Å². The van der Waals surface area contributed by atoms with E-state index in [9.17, 15) is 0 Å². The number of benzene rings is 1. The average molecular weight is 239 g/mol. The zero-order valence-corrected chi connectivity index (χ0v) is 9.64. The fourth-order valence-electron chi connectivity index (χ4n) is 1.98. The minimum Gasteiger partial charge on any atom is -0.348 e. The molecule has 0 saturated carbocycles. The lowest BCUT2D eigenvalue weighted by molar-refractivity contribution is 1.08. The lowest BCUT2D eigenvalue weighted by Crippen LogP contribution is -1.91. The molecule has 3 aromatic rings. The second-order valence-corrected chi connectivity index (χ2v) is 4.18. The van der Waals surface area contributed by atoms with E-state index in [0.29, 0.717) is 0 Å². The molecule has 0 aliphatic rings. The lowest BCUT2D eigenvalue weighted by atomic mass is 10.1. The van der Waals surface area contributed by atoms with Gasteiger partial charge in [0.2, 0.25) is 0 Å². The Bertz CT molecular complexity index is 655. The van der Waals surface area contributed by atoms with Crippen LogP contribution in [0.25, 0.3) is 10.9 Å². The maximum atomic E-state index is 4.37. The summed E-state index contributed by atoms with van der Waals surface area (Å²) in [6.45, 7) is 2.04. The predicted octanol–water partition coefficient (Wildman–Crippen LogP) is 3.49. The summed E-state index contributed by atoms with van der Waals surface area (Å²) < 4.78 is 0. The third kappa shape index (κ3) is 2.25. The molecule has 0 saturated heterocycles. The third-order valence-electron chi connectivity index (χ3n) is 2.98. The first-order valence-corrected chi connectivity index (χ1v) is 5.65. The summed E-state index contributed by atoms with van der Waals surface area (Å²) in [5.74, 6) is 0. The van der Waals surface area contributed by atoms with Crippen LogP contribution in [0.5, 0.6) is 0 Å². The fraction of sp³-hybridized carbons (Fsp3) is 0.200. The fourth-order valence-corrected chi connectivity index (χ4v) is 1.98. The molecular formula is C15H17N3. The molecule has 2 heterocycles. The standard InChI is InChI=1S/C14H13N3.CH4/c1-10-13(17-9-16-10)7-11-4-5-12-3-2-6-15-14(12)8-11;/h2-6,8-9H,7H2,1H3,(H,16,17);1H4. The molecule has 2 aromatic heterocycles. The number of nitrogens with one attached hydrogen (secondary N) is 1. The van der Waals surface area contributed by atoms with Gasteiger partial charge in [-0.2, -0.15) is 0 Å². The zero-order valence-electron chi connectivity index (χ0n) is 9.64. The summed E-state index contributed by atoms with van der Waals surface area (Å²) in [4.78, 5) is 11.8. The minimum absolute atomic E-state index is 0. The van der Waals surface area contributed by atoms with Crippen molar-refractivity contribution in [1.29, 1.82) is 0 Å². The van der Waals surface area contributed by atoms with Crippen molar-refractivity contribution in [2.24, 2.45) is 0 Å². The predicted molar refractivity (Wildman–Crippen MR) is 74.6 cm³/mol. The minimum atomic E-state index is 0. The smallest absolute Gasteiger partial charge is 0.0925 e. The van der Waals surface area contributed by atoms with Crippen molar-refractivity contribution < 1.29 is 0 Å². The lowest BCUT2D eigenvalue weighted by Gasteiger charge is -2.02. The normalized spacial score (nSPS) is 10.3. The van der Waals surface area contributed by atoms with Gasteiger partial charge in [0.25, 0.3) is 0 Å². The summed E-state index contributed by atoms with van der Waals surface area (Å²) in [5, 5.41) is 1.18. The van der Waals surface area contributed by atoms with Crippen LogP contribution in [-0.2, 0) is 6.42 Å². The highest BCUT2D eigenvalue weighted by atomic mass is 14.9. The number of rotatable bonds is 2. The third-order valence-corrected chi connectivity index (χ3v) is 2.98. The highest BCUT2D eigenvalue weighted by molar-refractivity contribution is 5.78. The molecule has 92 valence electrons. The second-order valence-electron chi connectivity index (χ2n) is 4.18. The molecule has 3 rings (SSSR count). The highest BCUT2D eigenvalue weighted by Crippen LogP contribution is 2.16. The van der Waals surface area contributed by atoms with Crippen molar-refractivity contribution >= 4 is 10.9 Å². The van der Waals surface area contributed by atoms with E-state index >= 15 is 0 Å². The Kier molecular flexibility index (Phi) is 3.42. The van der Waals surface area contributed by atoms with Crippen LogP contribution in [0.15, 0.2) is 42.9 Å². The number of H-pyrrole nitrogens is 1. The molecule has 1 aromatic carbocycles. The Hall–Kier alpha value is -2.16. The maximum Gasteiger partial charge on any atom is 0.0925 e. The first kappa shape index (κ1) is 12.3. The van der Waals surface area contributed by atoms with Crippen LogP contribution >= 0.6 is 0 Å². The van der Waals surface area contributed by atoms with Crippen molar-refractivity contribution in [3.05, 3.63) is 59.8 Å². The molecule has 3 nitrogen and oxygen atoms in total. The molecule has 0 fully saturated rings. The van der Waals surface area contributed by atoms with Crippen LogP contribution in [-0.4, -0.2) is 15.0 Å². The second kappa shape index (κ2) is 5.00. The van der Waals surface area contributed by atoms with E-state index in [-0.39, 0.29) is 7.43 Å². The van der Waals surface area contributed by atoms with Crippen LogP contribution in [0.2, 0.25) is 0 Å². The molecule has 0 amide bonds. The number of fused-ring (bicyclic) bond motifs is 1. The Labute approximate surface area is 107 Å². The van der Waals surface area contributed by atoms with E-state index in [2.05, 4.69) is 39.2 Å². The van der Waals surface area contributed by atoms with Gasteiger partial charge in [-0.15, -0.1) is 0 Å². The zero-order chi connectivity index (χ0) is 11.7. The van der Waals surface area contributed by atoms with Crippen molar-refractivity contribution in [2.75, 3.05) is 0 Å². The molecule has 0 aliphatic carbocycles. The highest BCUT2D eigenvalue weighted by Gasteiger charge is 2.03. The summed E-state index contributed by atoms with van der Waals surface area (Å²) >= 11 is 0. The van der Waals surface area contributed by atoms with E-state index in [1.807, 2.05) is 19.2 Å². The number of imidazole rings is 1. The largest absolute Gasteiger partial charge is 0.348 e. The number of aromatic amines is 1. The topological polar surface area (TPSA) is 41.6 Å². The Morgan fingerprint density at radius 3 is 2.83 bits per heavy atom.